The van der Waals surface area contributed by atoms with Gasteiger partial charge in [-0.2, -0.15) is 0 Å². The Morgan fingerprint density at radius 3 is 2.82 bits per heavy atom. The van der Waals surface area contributed by atoms with Gasteiger partial charge in [-0.15, -0.1) is 5.10 Å². The highest BCUT2D eigenvalue weighted by Crippen LogP contribution is 2.43. The number of hydrogen-bond acceptors (Lipinski definition) is 4. The van der Waals surface area contributed by atoms with E-state index in [4.69, 9.17) is 0 Å². The van der Waals surface area contributed by atoms with Gasteiger partial charge in [0, 0.05) is 12.1 Å². The quantitative estimate of drug-likeness (QED) is 0.883. The van der Waals surface area contributed by atoms with E-state index in [1.165, 1.54) is 12.8 Å². The number of nitrogens with one attached hydrogen (secondary N) is 1. The summed E-state index contributed by atoms with van der Waals surface area (Å²) in [6.07, 6.45) is 7.10. The van der Waals surface area contributed by atoms with E-state index in [1.807, 2.05) is 30.3 Å². The molecular formula is C17H17N3OS. The van der Waals surface area contributed by atoms with Crippen molar-refractivity contribution >= 4 is 17.4 Å². The molecule has 2 bridgehead atoms. The van der Waals surface area contributed by atoms with Gasteiger partial charge in [0.25, 0.3) is 5.91 Å². The number of aromatic nitrogens is 2. The number of fused-ring (bicyclic) bond motifs is 2. The molecular weight excluding hydrogens is 294 g/mol. The van der Waals surface area contributed by atoms with Gasteiger partial charge in [0.1, 0.15) is 10.6 Å². The lowest BCUT2D eigenvalue weighted by Gasteiger charge is -2.18. The Kier molecular flexibility index (Phi) is 3.50. The van der Waals surface area contributed by atoms with Crippen LogP contribution in [0.4, 0.5) is 0 Å². The lowest BCUT2D eigenvalue weighted by atomic mass is 9.93. The number of carbonyl (C=O) groups is 1. The molecule has 0 spiro atoms. The van der Waals surface area contributed by atoms with Crippen molar-refractivity contribution < 1.29 is 4.79 Å². The molecule has 1 heterocycles. The molecule has 5 heteroatoms. The molecule has 1 fully saturated rings. The van der Waals surface area contributed by atoms with Gasteiger partial charge in [-0.3, -0.25) is 4.79 Å². The van der Waals surface area contributed by atoms with Crippen molar-refractivity contribution in [3.05, 3.63) is 47.4 Å². The van der Waals surface area contributed by atoms with Gasteiger partial charge in [0.2, 0.25) is 0 Å². The van der Waals surface area contributed by atoms with Crippen LogP contribution in [-0.4, -0.2) is 22.0 Å². The zero-order valence-corrected chi connectivity index (χ0v) is 12.9. The molecule has 3 atom stereocenters. The van der Waals surface area contributed by atoms with Crippen molar-refractivity contribution in [2.24, 2.45) is 17.8 Å². The van der Waals surface area contributed by atoms with E-state index in [-0.39, 0.29) is 5.91 Å². The van der Waals surface area contributed by atoms with Gasteiger partial charge in [-0.05, 0) is 42.1 Å². The van der Waals surface area contributed by atoms with Gasteiger partial charge in [0.05, 0.1) is 0 Å². The van der Waals surface area contributed by atoms with Gasteiger partial charge in [-0.1, -0.05) is 47.0 Å². The standard InChI is InChI=1S/C17H17N3OS/c21-17(18-10-14-9-11-6-7-13(14)8-11)16-15(19-20-22-16)12-4-2-1-3-5-12/h1-7,11,13-14H,8-10H2,(H,18,21)/t11-,13-,14-/m0/s1. The van der Waals surface area contributed by atoms with Crippen LogP contribution in [0.25, 0.3) is 11.3 Å². The summed E-state index contributed by atoms with van der Waals surface area (Å²) in [5.74, 6) is 1.91. The fourth-order valence-corrected chi connectivity index (χ4v) is 4.16. The molecule has 0 radical (unpaired) electrons. The summed E-state index contributed by atoms with van der Waals surface area (Å²) in [5.41, 5.74) is 1.61. The molecule has 22 heavy (non-hydrogen) atoms. The molecule has 0 aliphatic heterocycles. The highest BCUT2D eigenvalue weighted by Gasteiger charge is 2.35. The molecule has 4 rings (SSSR count). The van der Waals surface area contributed by atoms with Crippen LogP contribution >= 0.6 is 11.5 Å². The minimum Gasteiger partial charge on any atom is -0.351 e. The Labute approximate surface area is 133 Å². The predicted octanol–water partition coefficient (Wildman–Crippen LogP) is 3.15. The molecule has 1 aromatic carbocycles. The third-order valence-electron chi connectivity index (χ3n) is 4.68. The number of carbonyl (C=O) groups excluding carboxylic acids is 1. The first-order valence-corrected chi connectivity index (χ1v) is 8.43. The van der Waals surface area contributed by atoms with Crippen LogP contribution < -0.4 is 5.32 Å². The van der Waals surface area contributed by atoms with Crippen molar-refractivity contribution in [2.45, 2.75) is 12.8 Å². The number of amides is 1. The van der Waals surface area contributed by atoms with Crippen LogP contribution in [0.2, 0.25) is 0 Å². The van der Waals surface area contributed by atoms with E-state index in [2.05, 4.69) is 27.1 Å². The van der Waals surface area contributed by atoms with Crippen molar-refractivity contribution in [1.82, 2.24) is 14.9 Å². The molecule has 1 saturated carbocycles. The second-order valence-electron chi connectivity index (χ2n) is 6.07. The van der Waals surface area contributed by atoms with Crippen LogP contribution in [0.15, 0.2) is 42.5 Å². The Bertz CT molecular complexity index is 710. The number of allylic oxidation sites excluding steroid dienone is 2. The van der Waals surface area contributed by atoms with Crippen molar-refractivity contribution in [1.29, 1.82) is 0 Å². The maximum atomic E-state index is 12.5. The predicted molar refractivity (Wildman–Crippen MR) is 86.5 cm³/mol. The van der Waals surface area contributed by atoms with E-state index >= 15 is 0 Å². The lowest BCUT2D eigenvalue weighted by Crippen LogP contribution is -2.30. The Balaban J connectivity index is 1.45. The normalized spacial score (nSPS) is 25.5. The van der Waals surface area contributed by atoms with E-state index in [0.29, 0.717) is 22.4 Å². The zero-order chi connectivity index (χ0) is 14.9. The summed E-state index contributed by atoms with van der Waals surface area (Å²) in [4.78, 5) is 13.1. The van der Waals surface area contributed by atoms with Crippen LogP contribution in [0.1, 0.15) is 22.5 Å². The first kappa shape index (κ1) is 13.6. The van der Waals surface area contributed by atoms with Crippen molar-refractivity contribution in [3.63, 3.8) is 0 Å². The van der Waals surface area contributed by atoms with Gasteiger partial charge in [-0.25, -0.2) is 0 Å². The number of nitrogens with zero attached hydrogens (tertiary/aromatic N) is 2. The summed E-state index contributed by atoms with van der Waals surface area (Å²) in [7, 11) is 0. The summed E-state index contributed by atoms with van der Waals surface area (Å²) in [5, 5.41) is 7.20. The van der Waals surface area contributed by atoms with Crippen LogP contribution in [0, 0.1) is 17.8 Å². The summed E-state index contributed by atoms with van der Waals surface area (Å²) in [6.45, 7) is 0.746. The maximum Gasteiger partial charge on any atom is 0.265 e. The average Bonchev–Trinajstić information content (AvgIpc) is 3.29. The number of rotatable bonds is 4. The van der Waals surface area contributed by atoms with E-state index in [0.717, 1.165) is 29.6 Å². The first-order chi connectivity index (χ1) is 10.8. The van der Waals surface area contributed by atoms with Gasteiger partial charge in [0.15, 0.2) is 0 Å². The minimum absolute atomic E-state index is 0.0550. The van der Waals surface area contributed by atoms with E-state index in [9.17, 15) is 4.79 Å². The molecule has 0 unspecified atom stereocenters. The average molecular weight is 311 g/mol. The molecule has 1 N–H and O–H groups in total. The third kappa shape index (κ3) is 2.46. The third-order valence-corrected chi connectivity index (χ3v) is 5.41. The molecule has 4 nitrogen and oxygen atoms in total. The second-order valence-corrected chi connectivity index (χ2v) is 6.82. The zero-order valence-electron chi connectivity index (χ0n) is 12.1. The van der Waals surface area contributed by atoms with E-state index in [1.54, 1.807) is 0 Å². The highest BCUT2D eigenvalue weighted by molar-refractivity contribution is 7.08. The van der Waals surface area contributed by atoms with Crippen molar-refractivity contribution in [3.8, 4) is 11.3 Å². The molecule has 2 aliphatic carbocycles. The lowest BCUT2D eigenvalue weighted by molar-refractivity contribution is 0.0949. The Morgan fingerprint density at radius 2 is 2.09 bits per heavy atom. The summed E-state index contributed by atoms with van der Waals surface area (Å²) >= 11 is 1.16. The monoisotopic (exact) mass is 311 g/mol. The fraction of sp³-hybridized carbons (Fsp3) is 0.353. The Hall–Kier alpha value is -2.01. The summed E-state index contributed by atoms with van der Waals surface area (Å²) in [6, 6.07) is 9.74. The van der Waals surface area contributed by atoms with Gasteiger partial charge < -0.3 is 5.32 Å². The highest BCUT2D eigenvalue weighted by atomic mass is 32.1. The van der Waals surface area contributed by atoms with Gasteiger partial charge >= 0.3 is 0 Å². The molecule has 2 aromatic rings. The second kappa shape index (κ2) is 5.65. The number of hydrogen-bond donors (Lipinski definition) is 1. The molecule has 1 aromatic heterocycles. The molecule has 1 amide bonds. The first-order valence-electron chi connectivity index (χ1n) is 7.65. The molecule has 112 valence electrons. The van der Waals surface area contributed by atoms with E-state index < -0.39 is 0 Å². The number of benzene rings is 1. The minimum atomic E-state index is -0.0550. The SMILES string of the molecule is O=C(NC[C@@H]1C[C@H]2C=C[C@H]1C2)c1snnc1-c1ccccc1. The van der Waals surface area contributed by atoms with Crippen LogP contribution in [0.3, 0.4) is 0 Å². The fourth-order valence-electron chi connectivity index (χ4n) is 3.56. The largest absolute Gasteiger partial charge is 0.351 e. The van der Waals surface area contributed by atoms with Crippen LogP contribution in [0.5, 0.6) is 0 Å². The smallest absolute Gasteiger partial charge is 0.265 e. The van der Waals surface area contributed by atoms with Crippen molar-refractivity contribution in [2.75, 3.05) is 6.54 Å². The topological polar surface area (TPSA) is 54.9 Å². The molecule has 2 aliphatic rings. The summed E-state index contributed by atoms with van der Waals surface area (Å²) < 4.78 is 3.96. The van der Waals surface area contributed by atoms with Crippen LogP contribution in [-0.2, 0) is 0 Å². The maximum absolute atomic E-state index is 12.5. The molecule has 0 saturated heterocycles. The Morgan fingerprint density at radius 1 is 1.23 bits per heavy atom.